The van der Waals surface area contributed by atoms with Gasteiger partial charge in [0.25, 0.3) is 5.91 Å². The minimum atomic E-state index is -0.492. The summed E-state index contributed by atoms with van der Waals surface area (Å²) in [6.45, 7) is 0.0272. The number of thiophene rings is 1. The lowest BCUT2D eigenvalue weighted by molar-refractivity contribution is 0.0472. The SMILES string of the molecule is N#Cc1ccccc1COC(=O)c1ccc(NC(=O)c2cccs2)cc1. The van der Waals surface area contributed by atoms with E-state index in [1.54, 1.807) is 54.6 Å². The number of nitriles is 1. The fraction of sp³-hybridized carbons (Fsp3) is 0.0500. The number of benzene rings is 2. The van der Waals surface area contributed by atoms with E-state index in [2.05, 4.69) is 11.4 Å². The van der Waals surface area contributed by atoms with Gasteiger partial charge in [-0.1, -0.05) is 24.3 Å². The monoisotopic (exact) mass is 362 g/mol. The molecule has 1 aromatic heterocycles. The van der Waals surface area contributed by atoms with E-state index >= 15 is 0 Å². The van der Waals surface area contributed by atoms with Crippen molar-refractivity contribution in [3.05, 3.63) is 87.6 Å². The Morgan fingerprint density at radius 1 is 1.04 bits per heavy atom. The summed E-state index contributed by atoms with van der Waals surface area (Å²) in [5, 5.41) is 13.6. The molecule has 26 heavy (non-hydrogen) atoms. The van der Waals surface area contributed by atoms with Crippen LogP contribution in [0, 0.1) is 11.3 Å². The van der Waals surface area contributed by atoms with Gasteiger partial charge < -0.3 is 10.1 Å². The first kappa shape index (κ1) is 17.4. The molecule has 3 aromatic rings. The minimum Gasteiger partial charge on any atom is -0.457 e. The van der Waals surface area contributed by atoms with Crippen LogP contribution in [0.15, 0.2) is 66.0 Å². The van der Waals surface area contributed by atoms with Crippen LogP contribution in [0.3, 0.4) is 0 Å². The maximum absolute atomic E-state index is 12.1. The van der Waals surface area contributed by atoms with Crippen molar-refractivity contribution in [3.63, 3.8) is 0 Å². The quantitative estimate of drug-likeness (QED) is 0.689. The Kier molecular flexibility index (Phi) is 5.42. The van der Waals surface area contributed by atoms with Crippen molar-refractivity contribution in [1.29, 1.82) is 5.26 Å². The van der Waals surface area contributed by atoms with Gasteiger partial charge >= 0.3 is 5.97 Å². The number of amides is 1. The number of carbonyl (C=O) groups excluding carboxylic acids is 2. The van der Waals surface area contributed by atoms with Gasteiger partial charge in [-0.05, 0) is 41.8 Å². The van der Waals surface area contributed by atoms with Gasteiger partial charge in [0.1, 0.15) is 6.61 Å². The van der Waals surface area contributed by atoms with Crippen molar-refractivity contribution in [1.82, 2.24) is 0 Å². The molecule has 6 heteroatoms. The molecule has 0 fully saturated rings. The standard InChI is InChI=1S/C20H14N2O3S/c21-12-15-4-1-2-5-16(15)13-25-20(24)14-7-9-17(10-8-14)22-19(23)18-6-3-11-26-18/h1-11H,13H2,(H,22,23). The second-order valence-corrected chi connectivity index (χ2v) is 6.30. The summed E-state index contributed by atoms with van der Waals surface area (Å²) in [6, 6.07) is 19.0. The summed E-state index contributed by atoms with van der Waals surface area (Å²) in [5.41, 5.74) is 2.10. The normalized spacial score (nSPS) is 9.96. The van der Waals surface area contributed by atoms with E-state index in [0.717, 1.165) is 0 Å². The van der Waals surface area contributed by atoms with Crippen LogP contribution in [0.4, 0.5) is 5.69 Å². The number of rotatable bonds is 5. The smallest absolute Gasteiger partial charge is 0.338 e. The second-order valence-electron chi connectivity index (χ2n) is 5.35. The Hall–Kier alpha value is -3.43. The zero-order valence-electron chi connectivity index (χ0n) is 13.6. The molecule has 0 saturated heterocycles. The van der Waals surface area contributed by atoms with Crippen LogP contribution >= 0.6 is 11.3 Å². The summed E-state index contributed by atoms with van der Waals surface area (Å²) in [7, 11) is 0. The van der Waals surface area contributed by atoms with Gasteiger partial charge in [-0.2, -0.15) is 5.26 Å². The highest BCUT2D eigenvalue weighted by molar-refractivity contribution is 7.12. The predicted octanol–water partition coefficient (Wildman–Crippen LogP) is 4.23. The number of nitrogens with zero attached hydrogens (tertiary/aromatic N) is 1. The molecule has 0 bridgehead atoms. The molecule has 1 amide bonds. The van der Waals surface area contributed by atoms with E-state index in [4.69, 9.17) is 10.00 Å². The molecule has 3 rings (SSSR count). The molecular formula is C20H14N2O3S. The van der Waals surface area contributed by atoms with Crippen molar-refractivity contribution in [2.24, 2.45) is 0 Å². The Morgan fingerprint density at radius 3 is 2.50 bits per heavy atom. The largest absolute Gasteiger partial charge is 0.457 e. The van der Waals surface area contributed by atoms with Crippen LogP contribution in [-0.4, -0.2) is 11.9 Å². The molecule has 0 unspecified atom stereocenters. The maximum atomic E-state index is 12.1. The van der Waals surface area contributed by atoms with Crippen molar-refractivity contribution >= 4 is 28.9 Å². The van der Waals surface area contributed by atoms with E-state index in [0.29, 0.717) is 27.3 Å². The lowest BCUT2D eigenvalue weighted by Gasteiger charge is -2.08. The zero-order valence-corrected chi connectivity index (χ0v) is 14.5. The molecule has 0 spiro atoms. The molecule has 0 aliphatic heterocycles. The number of anilines is 1. The van der Waals surface area contributed by atoms with Crippen LogP contribution in [-0.2, 0) is 11.3 Å². The molecule has 0 aliphatic carbocycles. The maximum Gasteiger partial charge on any atom is 0.338 e. The lowest BCUT2D eigenvalue weighted by Crippen LogP contribution is -2.10. The number of ether oxygens (including phenoxy) is 1. The van der Waals surface area contributed by atoms with E-state index < -0.39 is 5.97 Å². The number of esters is 1. The fourth-order valence-corrected chi connectivity index (χ4v) is 2.89. The summed E-state index contributed by atoms with van der Waals surface area (Å²) in [6.07, 6.45) is 0. The molecule has 5 nitrogen and oxygen atoms in total. The third-order valence-electron chi connectivity index (χ3n) is 3.62. The third-order valence-corrected chi connectivity index (χ3v) is 4.49. The van der Waals surface area contributed by atoms with Crippen LogP contribution in [0.5, 0.6) is 0 Å². The van der Waals surface area contributed by atoms with Gasteiger partial charge in [0.2, 0.25) is 0 Å². The van der Waals surface area contributed by atoms with Crippen molar-refractivity contribution < 1.29 is 14.3 Å². The Labute approximate surface area is 154 Å². The van der Waals surface area contributed by atoms with E-state index in [9.17, 15) is 9.59 Å². The first-order chi connectivity index (χ1) is 12.7. The van der Waals surface area contributed by atoms with Gasteiger partial charge in [0.05, 0.1) is 22.1 Å². The highest BCUT2D eigenvalue weighted by atomic mass is 32.1. The Morgan fingerprint density at radius 2 is 1.81 bits per heavy atom. The second kappa shape index (κ2) is 8.10. The average Bonchev–Trinajstić information content (AvgIpc) is 3.22. The molecule has 2 aromatic carbocycles. The fourth-order valence-electron chi connectivity index (χ4n) is 2.27. The predicted molar refractivity (Wildman–Crippen MR) is 99.0 cm³/mol. The highest BCUT2D eigenvalue weighted by Crippen LogP contribution is 2.16. The van der Waals surface area contributed by atoms with E-state index in [1.165, 1.54) is 11.3 Å². The average molecular weight is 362 g/mol. The summed E-state index contributed by atoms with van der Waals surface area (Å²) >= 11 is 1.36. The van der Waals surface area contributed by atoms with Gasteiger partial charge in [-0.15, -0.1) is 11.3 Å². The Balaban J connectivity index is 1.60. The van der Waals surface area contributed by atoms with Crippen molar-refractivity contribution in [3.8, 4) is 6.07 Å². The lowest BCUT2D eigenvalue weighted by atomic mass is 10.1. The first-order valence-electron chi connectivity index (χ1n) is 7.77. The summed E-state index contributed by atoms with van der Waals surface area (Å²) < 4.78 is 5.26. The summed E-state index contributed by atoms with van der Waals surface area (Å²) in [4.78, 5) is 24.8. The van der Waals surface area contributed by atoms with Crippen LogP contribution in [0.25, 0.3) is 0 Å². The first-order valence-corrected chi connectivity index (χ1v) is 8.65. The van der Waals surface area contributed by atoms with Gasteiger partial charge in [-0.25, -0.2) is 4.79 Å². The van der Waals surface area contributed by atoms with Gasteiger partial charge in [0, 0.05) is 11.3 Å². The van der Waals surface area contributed by atoms with Crippen molar-refractivity contribution in [2.45, 2.75) is 6.61 Å². The number of carbonyl (C=O) groups is 2. The molecule has 0 saturated carbocycles. The van der Waals surface area contributed by atoms with E-state index in [-0.39, 0.29) is 12.5 Å². The number of hydrogen-bond donors (Lipinski definition) is 1. The number of hydrogen-bond acceptors (Lipinski definition) is 5. The third kappa shape index (κ3) is 4.15. The molecule has 1 heterocycles. The summed E-state index contributed by atoms with van der Waals surface area (Å²) in [5.74, 6) is -0.683. The minimum absolute atomic E-state index is 0.0272. The molecule has 0 radical (unpaired) electrons. The van der Waals surface area contributed by atoms with Gasteiger partial charge in [-0.3, -0.25) is 4.79 Å². The molecule has 128 valence electrons. The van der Waals surface area contributed by atoms with Gasteiger partial charge in [0.15, 0.2) is 0 Å². The van der Waals surface area contributed by atoms with Crippen LogP contribution in [0.1, 0.15) is 31.2 Å². The zero-order chi connectivity index (χ0) is 18.4. The van der Waals surface area contributed by atoms with Crippen molar-refractivity contribution in [2.75, 3.05) is 5.32 Å². The highest BCUT2D eigenvalue weighted by Gasteiger charge is 2.11. The topological polar surface area (TPSA) is 79.2 Å². The molecule has 1 N–H and O–H groups in total. The Bertz CT molecular complexity index is 957. The van der Waals surface area contributed by atoms with Crippen LogP contribution < -0.4 is 5.32 Å². The molecule has 0 aliphatic rings. The molecular weight excluding hydrogens is 348 g/mol. The van der Waals surface area contributed by atoms with E-state index in [1.807, 2.05) is 11.4 Å². The van der Waals surface area contributed by atoms with Crippen LogP contribution in [0.2, 0.25) is 0 Å². The number of nitrogens with one attached hydrogen (secondary N) is 1. The molecule has 0 atom stereocenters.